The highest BCUT2D eigenvalue weighted by molar-refractivity contribution is 7.90. The second-order valence-electron chi connectivity index (χ2n) is 3.55. The van der Waals surface area contributed by atoms with Crippen LogP contribution in [-0.2, 0) is 14.8 Å². The van der Waals surface area contributed by atoms with Crippen molar-refractivity contribution in [2.24, 2.45) is 0 Å². The Morgan fingerprint density at radius 2 is 2.00 bits per heavy atom. The summed E-state index contributed by atoms with van der Waals surface area (Å²) in [6, 6.07) is 5.89. The van der Waals surface area contributed by atoms with Crippen LogP contribution in [0, 0.1) is 0 Å². The summed E-state index contributed by atoms with van der Waals surface area (Å²) in [4.78, 5) is 22.8. The van der Waals surface area contributed by atoms with E-state index in [4.69, 9.17) is 11.6 Å². The van der Waals surface area contributed by atoms with Gasteiger partial charge in [-0.25, -0.2) is 12.7 Å². The zero-order chi connectivity index (χ0) is 13.3. The second-order valence-corrected chi connectivity index (χ2v) is 5.64. The molecule has 1 aromatic carbocycles. The minimum Gasteiger partial charge on any atom is -0.336 e. The molecule has 0 bridgehead atoms. The number of halogens is 1. The summed E-state index contributed by atoms with van der Waals surface area (Å²) in [6.07, 6.45) is 0. The van der Waals surface area contributed by atoms with E-state index in [0.29, 0.717) is 4.31 Å². The molecule has 1 aromatic rings. The Labute approximate surface area is 109 Å². The molecule has 0 unspecified atom stereocenters. The third-order valence-corrected chi connectivity index (χ3v) is 4.48. The SMILES string of the molecule is O=C(CCl)NCN1C(=O)c2ccccc2S1(=O)=O. The number of hydrogen-bond donors (Lipinski definition) is 1. The van der Waals surface area contributed by atoms with E-state index in [9.17, 15) is 18.0 Å². The molecule has 0 spiro atoms. The monoisotopic (exact) mass is 288 g/mol. The fourth-order valence-electron chi connectivity index (χ4n) is 1.59. The topological polar surface area (TPSA) is 83.6 Å². The minimum absolute atomic E-state index is 0.0462. The van der Waals surface area contributed by atoms with E-state index in [0.717, 1.165) is 0 Å². The smallest absolute Gasteiger partial charge is 0.270 e. The van der Waals surface area contributed by atoms with Crippen LogP contribution >= 0.6 is 11.6 Å². The maximum atomic E-state index is 12.0. The maximum Gasteiger partial charge on any atom is 0.270 e. The summed E-state index contributed by atoms with van der Waals surface area (Å²) < 4.78 is 24.6. The van der Waals surface area contributed by atoms with Gasteiger partial charge in [-0.1, -0.05) is 12.1 Å². The van der Waals surface area contributed by atoms with E-state index in [-0.39, 0.29) is 16.3 Å². The van der Waals surface area contributed by atoms with Crippen molar-refractivity contribution in [3.63, 3.8) is 0 Å². The number of fused-ring (bicyclic) bond motifs is 1. The standard InChI is InChI=1S/C10H9ClN2O4S/c11-5-9(14)12-6-13-10(15)7-3-1-2-4-8(7)18(13,16)17/h1-4H,5-6H2,(H,12,14). The molecule has 0 fully saturated rings. The summed E-state index contributed by atoms with van der Waals surface area (Å²) >= 11 is 5.27. The van der Waals surface area contributed by atoms with E-state index in [1.54, 1.807) is 6.07 Å². The molecule has 18 heavy (non-hydrogen) atoms. The molecule has 1 N–H and O–H groups in total. The first-order valence-corrected chi connectivity index (χ1v) is 6.94. The molecule has 8 heteroatoms. The molecule has 96 valence electrons. The first-order chi connectivity index (χ1) is 8.48. The number of sulfonamides is 1. The van der Waals surface area contributed by atoms with Crippen LogP contribution in [0.5, 0.6) is 0 Å². The van der Waals surface area contributed by atoms with Crippen molar-refractivity contribution < 1.29 is 18.0 Å². The fourth-order valence-corrected chi connectivity index (χ4v) is 3.16. The Bertz CT molecular complexity index is 614. The average Bonchev–Trinajstić information content (AvgIpc) is 2.56. The number of nitrogens with one attached hydrogen (secondary N) is 1. The van der Waals surface area contributed by atoms with Gasteiger partial charge in [-0.2, -0.15) is 0 Å². The van der Waals surface area contributed by atoms with Gasteiger partial charge in [-0.15, -0.1) is 11.6 Å². The number of alkyl halides is 1. The van der Waals surface area contributed by atoms with Crippen molar-refractivity contribution in [1.82, 2.24) is 9.62 Å². The van der Waals surface area contributed by atoms with Crippen molar-refractivity contribution in [1.29, 1.82) is 0 Å². The van der Waals surface area contributed by atoms with E-state index in [1.807, 2.05) is 0 Å². The van der Waals surface area contributed by atoms with Crippen LogP contribution in [0.2, 0.25) is 0 Å². The number of benzene rings is 1. The van der Waals surface area contributed by atoms with Crippen molar-refractivity contribution >= 4 is 33.4 Å². The molecule has 1 aliphatic rings. The van der Waals surface area contributed by atoms with E-state index in [2.05, 4.69) is 5.32 Å². The van der Waals surface area contributed by atoms with Crippen LogP contribution in [-0.4, -0.2) is 37.1 Å². The van der Waals surface area contributed by atoms with E-state index in [1.165, 1.54) is 18.2 Å². The van der Waals surface area contributed by atoms with Crippen LogP contribution in [0.4, 0.5) is 0 Å². The van der Waals surface area contributed by atoms with Crippen LogP contribution < -0.4 is 5.32 Å². The van der Waals surface area contributed by atoms with Crippen LogP contribution in [0.3, 0.4) is 0 Å². The fraction of sp³-hybridized carbons (Fsp3) is 0.200. The molecule has 1 heterocycles. The molecule has 1 aliphatic heterocycles. The van der Waals surface area contributed by atoms with Gasteiger partial charge in [0.25, 0.3) is 15.9 Å². The Balaban J connectivity index is 2.31. The Morgan fingerprint density at radius 1 is 1.33 bits per heavy atom. The van der Waals surface area contributed by atoms with Crippen molar-refractivity contribution in [2.75, 3.05) is 12.5 Å². The van der Waals surface area contributed by atoms with Gasteiger partial charge in [0.05, 0.1) is 5.56 Å². The Kier molecular flexibility index (Phi) is 3.27. The molecule has 0 aromatic heterocycles. The van der Waals surface area contributed by atoms with Crippen molar-refractivity contribution in [3.05, 3.63) is 29.8 Å². The predicted octanol–water partition coefficient (Wildman–Crippen LogP) is 0.144. The number of carbonyl (C=O) groups is 2. The average molecular weight is 289 g/mol. The molecule has 0 atom stereocenters. The molecule has 2 rings (SSSR count). The van der Waals surface area contributed by atoms with Crippen LogP contribution in [0.1, 0.15) is 10.4 Å². The van der Waals surface area contributed by atoms with Gasteiger partial charge in [-0.05, 0) is 12.1 Å². The van der Waals surface area contributed by atoms with Gasteiger partial charge in [0.2, 0.25) is 5.91 Å². The van der Waals surface area contributed by atoms with Gasteiger partial charge in [-0.3, -0.25) is 9.59 Å². The quantitative estimate of drug-likeness (QED) is 0.802. The van der Waals surface area contributed by atoms with E-state index >= 15 is 0 Å². The lowest BCUT2D eigenvalue weighted by Gasteiger charge is -2.15. The Hall–Kier alpha value is -1.60. The maximum absolute atomic E-state index is 12.0. The van der Waals surface area contributed by atoms with E-state index < -0.39 is 28.5 Å². The second kappa shape index (κ2) is 4.58. The third kappa shape index (κ3) is 1.95. The largest absolute Gasteiger partial charge is 0.336 e. The highest BCUT2D eigenvalue weighted by Crippen LogP contribution is 2.28. The van der Waals surface area contributed by atoms with Crippen LogP contribution in [0.25, 0.3) is 0 Å². The zero-order valence-corrected chi connectivity index (χ0v) is 10.7. The molecule has 2 amide bonds. The highest BCUT2D eigenvalue weighted by atomic mass is 35.5. The highest BCUT2D eigenvalue weighted by Gasteiger charge is 2.40. The number of rotatable bonds is 3. The van der Waals surface area contributed by atoms with Gasteiger partial charge < -0.3 is 5.32 Å². The lowest BCUT2D eigenvalue weighted by atomic mass is 10.2. The molecular weight excluding hydrogens is 280 g/mol. The van der Waals surface area contributed by atoms with Gasteiger partial charge in [0, 0.05) is 0 Å². The molecule has 6 nitrogen and oxygen atoms in total. The summed E-state index contributed by atoms with van der Waals surface area (Å²) in [5, 5.41) is 2.25. The van der Waals surface area contributed by atoms with Gasteiger partial charge in [0.15, 0.2) is 0 Å². The van der Waals surface area contributed by atoms with Crippen LogP contribution in [0.15, 0.2) is 29.2 Å². The lowest BCUT2D eigenvalue weighted by molar-refractivity contribution is -0.118. The molecule has 0 aliphatic carbocycles. The third-order valence-electron chi connectivity index (χ3n) is 2.45. The number of nitrogens with zero attached hydrogens (tertiary/aromatic N) is 1. The predicted molar refractivity (Wildman–Crippen MR) is 63.5 cm³/mol. The Morgan fingerprint density at radius 3 is 2.61 bits per heavy atom. The minimum atomic E-state index is -3.87. The summed E-state index contributed by atoms with van der Waals surface area (Å²) in [5.74, 6) is -1.49. The van der Waals surface area contributed by atoms with Gasteiger partial charge in [0.1, 0.15) is 17.4 Å². The van der Waals surface area contributed by atoms with Crippen molar-refractivity contribution in [2.45, 2.75) is 4.90 Å². The number of hydrogen-bond acceptors (Lipinski definition) is 4. The normalized spacial score (nSPS) is 16.5. The molecule has 0 saturated heterocycles. The number of amides is 2. The number of carbonyl (C=O) groups excluding carboxylic acids is 2. The summed E-state index contributed by atoms with van der Waals surface area (Å²) in [5.41, 5.74) is 0.109. The first kappa shape index (κ1) is 12.8. The van der Waals surface area contributed by atoms with Gasteiger partial charge >= 0.3 is 0 Å². The zero-order valence-electron chi connectivity index (χ0n) is 9.09. The lowest BCUT2D eigenvalue weighted by Crippen LogP contribution is -2.41. The molecule has 0 radical (unpaired) electrons. The molecular formula is C10H9ClN2O4S. The first-order valence-electron chi connectivity index (χ1n) is 4.97. The molecule has 0 saturated carbocycles. The summed E-state index contributed by atoms with van der Waals surface area (Å²) in [7, 11) is -3.87. The van der Waals surface area contributed by atoms with Crippen molar-refractivity contribution in [3.8, 4) is 0 Å². The summed E-state index contributed by atoms with van der Waals surface area (Å²) in [6.45, 7) is -0.415.